The van der Waals surface area contributed by atoms with Crippen LogP contribution in [0.4, 0.5) is 0 Å². The lowest BCUT2D eigenvalue weighted by Crippen LogP contribution is -2.48. The average Bonchev–Trinajstić information content (AvgIpc) is 2.74. The molecule has 1 atom stereocenters. The zero-order valence-corrected chi connectivity index (χ0v) is 18.4. The van der Waals surface area contributed by atoms with Crippen molar-refractivity contribution in [2.45, 2.75) is 6.04 Å². The van der Waals surface area contributed by atoms with Gasteiger partial charge in [0.05, 0.1) is 23.2 Å². The summed E-state index contributed by atoms with van der Waals surface area (Å²) in [6.45, 7) is 4.52. The number of halogens is 2. The minimum atomic E-state index is -0.415. The number of likely N-dealkylation sites (N-methyl/N-ethyl adjacent to an activating group) is 1. The van der Waals surface area contributed by atoms with Crippen molar-refractivity contribution in [1.29, 1.82) is 0 Å². The molecule has 0 radical (unpaired) electrons. The predicted molar refractivity (Wildman–Crippen MR) is 120 cm³/mol. The molecule has 0 saturated carbocycles. The molecule has 0 aliphatic carbocycles. The molecule has 3 rings (SSSR count). The van der Waals surface area contributed by atoms with Crippen LogP contribution in [0.25, 0.3) is 0 Å². The maximum atomic E-state index is 12.6. The van der Waals surface area contributed by atoms with Crippen LogP contribution in [-0.2, 0) is 4.79 Å². The van der Waals surface area contributed by atoms with Crippen molar-refractivity contribution in [3.05, 3.63) is 69.7 Å². The molecule has 30 heavy (non-hydrogen) atoms. The number of benzene rings is 2. The van der Waals surface area contributed by atoms with Crippen molar-refractivity contribution < 1.29 is 9.59 Å². The standard InChI is InChI=1S/C22H26Cl2N4O2/c1-27-9-11-28(12-10-27)15-20(16-5-3-2-4-6-16)26-21(29)14-25-22(30)18-8-7-17(23)13-19(18)24/h2-8,13,20H,9-12,14-15H2,1H3,(H,25,30)(H,26,29). The zero-order chi connectivity index (χ0) is 21.5. The van der Waals surface area contributed by atoms with Crippen LogP contribution in [0.2, 0.25) is 10.0 Å². The van der Waals surface area contributed by atoms with Gasteiger partial charge in [-0.05, 0) is 30.8 Å². The van der Waals surface area contributed by atoms with E-state index in [1.807, 2.05) is 30.3 Å². The van der Waals surface area contributed by atoms with Gasteiger partial charge in [-0.1, -0.05) is 53.5 Å². The van der Waals surface area contributed by atoms with Crippen LogP contribution in [-0.4, -0.2) is 67.9 Å². The Balaban J connectivity index is 1.59. The Hall–Kier alpha value is -2.12. The van der Waals surface area contributed by atoms with Crippen LogP contribution in [0.5, 0.6) is 0 Å². The minimum absolute atomic E-state index is 0.135. The molecule has 1 saturated heterocycles. The van der Waals surface area contributed by atoms with Crippen molar-refractivity contribution in [1.82, 2.24) is 20.4 Å². The Morgan fingerprint density at radius 1 is 1.03 bits per heavy atom. The summed E-state index contributed by atoms with van der Waals surface area (Å²) in [6, 6.07) is 14.4. The summed E-state index contributed by atoms with van der Waals surface area (Å²) in [5.74, 6) is -0.668. The predicted octanol–water partition coefficient (Wildman–Crippen LogP) is 2.83. The van der Waals surface area contributed by atoms with Gasteiger partial charge in [0.25, 0.3) is 5.91 Å². The number of hydrogen-bond acceptors (Lipinski definition) is 4. The smallest absolute Gasteiger partial charge is 0.253 e. The topological polar surface area (TPSA) is 64.7 Å². The number of carbonyl (C=O) groups excluding carboxylic acids is 2. The lowest BCUT2D eigenvalue weighted by molar-refractivity contribution is -0.121. The lowest BCUT2D eigenvalue weighted by Gasteiger charge is -2.35. The monoisotopic (exact) mass is 448 g/mol. The lowest BCUT2D eigenvalue weighted by atomic mass is 10.1. The molecule has 0 spiro atoms. The van der Waals surface area contributed by atoms with Crippen LogP contribution in [0, 0.1) is 0 Å². The third kappa shape index (κ3) is 6.44. The highest BCUT2D eigenvalue weighted by Crippen LogP contribution is 2.21. The Bertz CT molecular complexity index is 871. The van der Waals surface area contributed by atoms with E-state index in [0.29, 0.717) is 5.02 Å². The van der Waals surface area contributed by atoms with E-state index < -0.39 is 5.91 Å². The number of hydrogen-bond donors (Lipinski definition) is 2. The van der Waals surface area contributed by atoms with Crippen LogP contribution < -0.4 is 10.6 Å². The van der Waals surface area contributed by atoms with E-state index in [1.165, 1.54) is 12.1 Å². The van der Waals surface area contributed by atoms with E-state index in [4.69, 9.17) is 23.2 Å². The minimum Gasteiger partial charge on any atom is -0.346 e. The highest BCUT2D eigenvalue weighted by molar-refractivity contribution is 6.36. The second-order valence-corrected chi connectivity index (χ2v) is 8.29. The first-order valence-electron chi connectivity index (χ1n) is 9.91. The van der Waals surface area contributed by atoms with Crippen molar-refractivity contribution in [3.8, 4) is 0 Å². The molecule has 1 aliphatic heterocycles. The second-order valence-electron chi connectivity index (χ2n) is 7.44. The van der Waals surface area contributed by atoms with Gasteiger partial charge < -0.3 is 15.5 Å². The third-order valence-corrected chi connectivity index (χ3v) is 5.71. The van der Waals surface area contributed by atoms with E-state index >= 15 is 0 Å². The van der Waals surface area contributed by atoms with E-state index in [9.17, 15) is 9.59 Å². The molecule has 1 fully saturated rings. The largest absolute Gasteiger partial charge is 0.346 e. The number of nitrogens with one attached hydrogen (secondary N) is 2. The summed E-state index contributed by atoms with van der Waals surface area (Å²) in [5, 5.41) is 6.38. The van der Waals surface area contributed by atoms with Gasteiger partial charge >= 0.3 is 0 Å². The van der Waals surface area contributed by atoms with E-state index in [2.05, 4.69) is 27.5 Å². The maximum absolute atomic E-state index is 12.6. The number of amides is 2. The highest BCUT2D eigenvalue weighted by Gasteiger charge is 2.21. The Morgan fingerprint density at radius 2 is 1.73 bits per heavy atom. The third-order valence-electron chi connectivity index (χ3n) is 5.16. The van der Waals surface area contributed by atoms with E-state index in [-0.39, 0.29) is 29.1 Å². The van der Waals surface area contributed by atoms with E-state index in [1.54, 1.807) is 6.07 Å². The summed E-state index contributed by atoms with van der Waals surface area (Å²) in [5.41, 5.74) is 1.32. The highest BCUT2D eigenvalue weighted by atomic mass is 35.5. The average molecular weight is 449 g/mol. The number of rotatable bonds is 7. The quantitative estimate of drug-likeness (QED) is 0.683. The van der Waals surface area contributed by atoms with Gasteiger partial charge in [-0.2, -0.15) is 0 Å². The van der Waals surface area contributed by atoms with Gasteiger partial charge in [-0.25, -0.2) is 0 Å². The molecule has 2 amide bonds. The van der Waals surface area contributed by atoms with E-state index in [0.717, 1.165) is 38.3 Å². The molecule has 2 N–H and O–H groups in total. The molecule has 0 aromatic heterocycles. The summed E-state index contributed by atoms with van der Waals surface area (Å²) < 4.78 is 0. The van der Waals surface area contributed by atoms with Crippen LogP contribution in [0.15, 0.2) is 48.5 Å². The van der Waals surface area contributed by atoms with Gasteiger partial charge in [0.1, 0.15) is 0 Å². The van der Waals surface area contributed by atoms with Crippen LogP contribution >= 0.6 is 23.2 Å². The first kappa shape index (κ1) is 22.6. The van der Waals surface area contributed by atoms with Gasteiger partial charge in [0.15, 0.2) is 0 Å². The summed E-state index contributed by atoms with van der Waals surface area (Å²) in [7, 11) is 2.11. The maximum Gasteiger partial charge on any atom is 0.253 e. The summed E-state index contributed by atoms with van der Waals surface area (Å²) in [4.78, 5) is 29.6. The Morgan fingerprint density at radius 3 is 2.40 bits per heavy atom. The van der Waals surface area contributed by atoms with Gasteiger partial charge in [-0.15, -0.1) is 0 Å². The first-order chi connectivity index (χ1) is 14.4. The molecule has 6 nitrogen and oxygen atoms in total. The Labute approximate surface area is 187 Å². The van der Waals surface area contributed by atoms with Gasteiger partial charge in [0.2, 0.25) is 5.91 Å². The van der Waals surface area contributed by atoms with Gasteiger partial charge in [0, 0.05) is 37.7 Å². The number of carbonyl (C=O) groups is 2. The van der Waals surface area contributed by atoms with Crippen molar-refractivity contribution >= 4 is 35.0 Å². The first-order valence-corrected chi connectivity index (χ1v) is 10.7. The summed E-state index contributed by atoms with van der Waals surface area (Å²) in [6.07, 6.45) is 0. The normalized spacial score (nSPS) is 16.1. The molecule has 1 unspecified atom stereocenters. The fraction of sp³-hybridized carbons (Fsp3) is 0.364. The molecular weight excluding hydrogens is 423 g/mol. The van der Waals surface area contributed by atoms with Crippen molar-refractivity contribution in [2.24, 2.45) is 0 Å². The molecule has 2 aromatic carbocycles. The number of nitrogens with zero attached hydrogens (tertiary/aromatic N) is 2. The van der Waals surface area contributed by atoms with Crippen molar-refractivity contribution in [2.75, 3.05) is 46.3 Å². The molecule has 0 bridgehead atoms. The number of piperazine rings is 1. The molecule has 1 aliphatic rings. The van der Waals surface area contributed by atoms with Crippen LogP contribution in [0.1, 0.15) is 22.0 Å². The second kappa shape index (κ2) is 10.8. The van der Waals surface area contributed by atoms with Crippen molar-refractivity contribution in [3.63, 3.8) is 0 Å². The fourth-order valence-corrected chi connectivity index (χ4v) is 3.88. The molecule has 160 valence electrons. The van der Waals surface area contributed by atoms with Crippen LogP contribution in [0.3, 0.4) is 0 Å². The van der Waals surface area contributed by atoms with Gasteiger partial charge in [-0.3, -0.25) is 14.5 Å². The zero-order valence-electron chi connectivity index (χ0n) is 16.9. The molecule has 2 aromatic rings. The fourth-order valence-electron chi connectivity index (χ4n) is 3.38. The SMILES string of the molecule is CN1CCN(CC(NC(=O)CNC(=O)c2ccc(Cl)cc2Cl)c2ccccc2)CC1. The Kier molecular flexibility index (Phi) is 8.10. The molecule has 8 heteroatoms. The summed E-state index contributed by atoms with van der Waals surface area (Å²) >= 11 is 11.9. The molecule has 1 heterocycles. The molecular formula is C22H26Cl2N4O2.